The predicted molar refractivity (Wildman–Crippen MR) is 135 cm³/mol. The van der Waals surface area contributed by atoms with E-state index >= 15 is 0 Å². The summed E-state index contributed by atoms with van der Waals surface area (Å²) in [5, 5.41) is 0.907. The smallest absolute Gasteiger partial charge is 0.252 e. The Balaban J connectivity index is 1.73. The lowest BCUT2D eigenvalue weighted by Gasteiger charge is -2.22. The first-order valence-corrected chi connectivity index (χ1v) is 12.5. The molecule has 1 N–H and O–H groups in total. The minimum absolute atomic E-state index is 0.0280. The van der Waals surface area contributed by atoms with Gasteiger partial charge in [0.25, 0.3) is 5.56 Å². The number of fused-ring (bicyclic) bond motifs is 1. The third-order valence-electron chi connectivity index (χ3n) is 5.93. The van der Waals surface area contributed by atoms with Crippen LogP contribution in [-0.2, 0) is 23.0 Å². The largest absolute Gasteiger partial charge is 0.497 e. The fourth-order valence-corrected chi connectivity index (χ4v) is 5.52. The number of nitrogens with one attached hydrogen (secondary N) is 1. The fraction of sp³-hybridized carbons (Fsp3) is 0.222. The summed E-state index contributed by atoms with van der Waals surface area (Å²) in [5.41, 5.74) is 3.98. The topological polar surface area (TPSA) is 79.5 Å². The summed E-state index contributed by atoms with van der Waals surface area (Å²) in [6, 6.07) is 21.8. The van der Waals surface area contributed by atoms with Gasteiger partial charge in [-0.05, 0) is 73.4 Å². The Hall–Kier alpha value is -3.42. The van der Waals surface area contributed by atoms with Crippen molar-refractivity contribution < 1.29 is 13.2 Å². The van der Waals surface area contributed by atoms with Crippen molar-refractivity contribution in [3.8, 4) is 5.75 Å². The third kappa shape index (κ3) is 5.05. The average Bonchev–Trinajstić information content (AvgIpc) is 2.82. The van der Waals surface area contributed by atoms with Crippen LogP contribution in [0.1, 0.15) is 22.3 Å². The second kappa shape index (κ2) is 9.83. The Morgan fingerprint density at radius 1 is 0.941 bits per heavy atom. The van der Waals surface area contributed by atoms with Crippen LogP contribution in [0.4, 0.5) is 0 Å². The van der Waals surface area contributed by atoms with Gasteiger partial charge in [-0.2, -0.15) is 4.31 Å². The van der Waals surface area contributed by atoms with Crippen molar-refractivity contribution in [2.45, 2.75) is 31.7 Å². The van der Waals surface area contributed by atoms with Crippen LogP contribution in [0.5, 0.6) is 5.75 Å². The number of pyridine rings is 1. The zero-order valence-corrected chi connectivity index (χ0v) is 20.4. The van der Waals surface area contributed by atoms with Crippen LogP contribution < -0.4 is 10.3 Å². The molecule has 0 radical (unpaired) electrons. The molecule has 6 nitrogen and oxygen atoms in total. The second-order valence-corrected chi connectivity index (χ2v) is 10.4. The van der Waals surface area contributed by atoms with E-state index in [1.807, 2.05) is 62.4 Å². The van der Waals surface area contributed by atoms with E-state index in [0.717, 1.165) is 27.6 Å². The summed E-state index contributed by atoms with van der Waals surface area (Å²) in [6.07, 6.45) is 0.528. The Kier molecular flexibility index (Phi) is 6.86. The van der Waals surface area contributed by atoms with Gasteiger partial charge in [-0.1, -0.05) is 36.4 Å². The zero-order valence-electron chi connectivity index (χ0n) is 19.5. The maximum Gasteiger partial charge on any atom is 0.252 e. The summed E-state index contributed by atoms with van der Waals surface area (Å²) in [6.45, 7) is 4.17. The van der Waals surface area contributed by atoms with Gasteiger partial charge in [-0.15, -0.1) is 0 Å². The molecule has 1 heterocycles. The fourth-order valence-electron chi connectivity index (χ4n) is 4.10. The highest BCUT2D eigenvalue weighted by molar-refractivity contribution is 7.89. The molecule has 4 aromatic rings. The van der Waals surface area contributed by atoms with Gasteiger partial charge in [0.05, 0.1) is 12.0 Å². The number of hydrogen-bond acceptors (Lipinski definition) is 4. The van der Waals surface area contributed by atoms with Gasteiger partial charge in [-0.3, -0.25) is 4.79 Å². The Bertz CT molecular complexity index is 1460. The van der Waals surface area contributed by atoms with Gasteiger partial charge in [-0.25, -0.2) is 8.42 Å². The molecule has 0 aliphatic heterocycles. The van der Waals surface area contributed by atoms with Crippen LogP contribution in [0.15, 0.2) is 82.5 Å². The number of methoxy groups -OCH3 is 1. The van der Waals surface area contributed by atoms with Crippen molar-refractivity contribution in [1.82, 2.24) is 9.29 Å². The van der Waals surface area contributed by atoms with Gasteiger partial charge < -0.3 is 9.72 Å². The number of benzene rings is 3. The molecule has 0 aliphatic rings. The minimum atomic E-state index is -3.86. The molecule has 0 saturated heterocycles. The van der Waals surface area contributed by atoms with Crippen molar-refractivity contribution in [3.05, 3.63) is 105 Å². The van der Waals surface area contributed by atoms with Crippen LogP contribution in [0.2, 0.25) is 0 Å². The van der Waals surface area contributed by atoms with E-state index in [1.54, 1.807) is 12.1 Å². The maximum atomic E-state index is 13.6. The van der Waals surface area contributed by atoms with Crippen LogP contribution in [0, 0.1) is 13.8 Å². The van der Waals surface area contributed by atoms with Crippen molar-refractivity contribution in [3.63, 3.8) is 0 Å². The highest BCUT2D eigenvalue weighted by atomic mass is 32.2. The normalized spacial score (nSPS) is 11.8. The monoisotopic (exact) mass is 476 g/mol. The summed E-state index contributed by atoms with van der Waals surface area (Å²) in [7, 11) is -2.32. The quantitative estimate of drug-likeness (QED) is 0.404. The third-order valence-corrected chi connectivity index (χ3v) is 7.79. The lowest BCUT2D eigenvalue weighted by Crippen LogP contribution is -2.34. The molecule has 3 aromatic carbocycles. The maximum absolute atomic E-state index is 13.6. The average molecular weight is 477 g/mol. The second-order valence-electron chi connectivity index (χ2n) is 8.42. The lowest BCUT2D eigenvalue weighted by molar-refractivity contribution is 0.406. The summed E-state index contributed by atoms with van der Waals surface area (Å²) in [4.78, 5) is 16.0. The SMILES string of the molecule is COc1ccc(S(=O)(=O)N(CCc2ccccc2)Cc2cc3c(C)cc(C)cc3[nH]c2=O)cc1. The molecule has 0 unspecified atom stereocenters. The van der Waals surface area contributed by atoms with Crippen LogP contribution >= 0.6 is 0 Å². The molecule has 0 atom stereocenters. The molecular formula is C27H28N2O4S. The number of ether oxygens (including phenoxy) is 1. The van der Waals surface area contributed by atoms with Crippen molar-refractivity contribution in [2.75, 3.05) is 13.7 Å². The van der Waals surface area contributed by atoms with Crippen molar-refractivity contribution in [2.24, 2.45) is 0 Å². The number of aromatic amines is 1. The molecule has 0 spiro atoms. The van der Waals surface area contributed by atoms with Crippen LogP contribution in [0.25, 0.3) is 10.9 Å². The first kappa shape index (κ1) is 23.7. The summed E-state index contributed by atoms with van der Waals surface area (Å²) >= 11 is 0. The molecule has 0 saturated carbocycles. The van der Waals surface area contributed by atoms with E-state index in [2.05, 4.69) is 4.98 Å². The van der Waals surface area contributed by atoms with Gasteiger partial charge in [0.2, 0.25) is 10.0 Å². The first-order valence-electron chi connectivity index (χ1n) is 11.1. The molecule has 34 heavy (non-hydrogen) atoms. The van der Waals surface area contributed by atoms with E-state index in [0.29, 0.717) is 17.7 Å². The van der Waals surface area contributed by atoms with E-state index in [4.69, 9.17) is 4.74 Å². The highest BCUT2D eigenvalue weighted by Gasteiger charge is 2.26. The van der Waals surface area contributed by atoms with E-state index in [-0.39, 0.29) is 23.5 Å². The summed E-state index contributed by atoms with van der Waals surface area (Å²) in [5.74, 6) is 0.575. The van der Waals surface area contributed by atoms with Gasteiger partial charge in [0.1, 0.15) is 5.75 Å². The highest BCUT2D eigenvalue weighted by Crippen LogP contribution is 2.23. The van der Waals surface area contributed by atoms with Crippen molar-refractivity contribution >= 4 is 20.9 Å². The number of nitrogens with zero attached hydrogens (tertiary/aromatic N) is 1. The first-order chi connectivity index (χ1) is 16.3. The number of rotatable bonds is 8. The molecular weight excluding hydrogens is 448 g/mol. The molecule has 0 amide bonds. The standard InChI is InChI=1S/C27H28N2O4S/c1-19-15-20(2)25-17-22(27(30)28-26(25)16-19)18-29(14-13-21-7-5-4-6-8-21)34(31,32)24-11-9-23(33-3)10-12-24/h4-12,15-17H,13-14,18H2,1-3H3,(H,28,30). The number of hydrogen-bond donors (Lipinski definition) is 1. The number of sulfonamides is 1. The minimum Gasteiger partial charge on any atom is -0.497 e. The molecule has 1 aromatic heterocycles. The van der Waals surface area contributed by atoms with Crippen molar-refractivity contribution in [1.29, 1.82) is 0 Å². The van der Waals surface area contributed by atoms with Gasteiger partial charge >= 0.3 is 0 Å². The number of H-pyrrole nitrogens is 1. The Labute approximate surface area is 199 Å². The number of aryl methyl sites for hydroxylation is 2. The molecule has 0 fully saturated rings. The van der Waals surface area contributed by atoms with Crippen LogP contribution in [0.3, 0.4) is 0 Å². The Morgan fingerprint density at radius 2 is 1.65 bits per heavy atom. The predicted octanol–water partition coefficient (Wildman–Crippen LogP) is 4.59. The lowest BCUT2D eigenvalue weighted by atomic mass is 10.0. The van der Waals surface area contributed by atoms with Gasteiger partial charge in [0, 0.05) is 29.6 Å². The van der Waals surface area contributed by atoms with E-state index in [1.165, 1.54) is 23.5 Å². The number of aromatic nitrogens is 1. The molecule has 0 aliphatic carbocycles. The van der Waals surface area contributed by atoms with Crippen LogP contribution in [-0.4, -0.2) is 31.4 Å². The Morgan fingerprint density at radius 3 is 2.32 bits per heavy atom. The van der Waals surface area contributed by atoms with Gasteiger partial charge in [0.15, 0.2) is 0 Å². The molecule has 176 valence electrons. The van der Waals surface area contributed by atoms with E-state index < -0.39 is 10.0 Å². The molecule has 4 rings (SSSR count). The molecule has 7 heteroatoms. The molecule has 0 bridgehead atoms. The summed E-state index contributed by atoms with van der Waals surface area (Å²) < 4.78 is 33.8. The van der Waals surface area contributed by atoms with E-state index in [9.17, 15) is 13.2 Å². The zero-order chi connectivity index (χ0) is 24.3.